The van der Waals surface area contributed by atoms with E-state index in [1.807, 2.05) is 0 Å². The van der Waals surface area contributed by atoms with Crippen LogP contribution in [0.25, 0.3) is 16.9 Å². The molecule has 144 valence electrons. The number of amides is 2. The van der Waals surface area contributed by atoms with E-state index in [-0.39, 0.29) is 17.3 Å². The number of hydrogen-bond acceptors (Lipinski definition) is 5. The number of rotatable bonds is 1. The molecule has 0 aromatic carbocycles. The Morgan fingerprint density at radius 3 is 2.75 bits per heavy atom. The van der Waals surface area contributed by atoms with E-state index in [2.05, 4.69) is 9.97 Å². The van der Waals surface area contributed by atoms with Gasteiger partial charge in [0.2, 0.25) is 0 Å². The third kappa shape index (κ3) is 2.99. The first-order valence-electron chi connectivity index (χ1n) is 8.51. The Kier molecular flexibility index (Phi) is 4.11. The zero-order chi connectivity index (χ0) is 20.2. The minimum absolute atomic E-state index is 0.00488. The summed E-state index contributed by atoms with van der Waals surface area (Å²) < 4.78 is 20.5. The maximum atomic E-state index is 13.5. The van der Waals surface area contributed by atoms with Gasteiger partial charge in [0, 0.05) is 24.0 Å². The van der Waals surface area contributed by atoms with Gasteiger partial charge in [-0.25, -0.2) is 24.1 Å². The van der Waals surface area contributed by atoms with E-state index < -0.39 is 23.4 Å². The van der Waals surface area contributed by atoms with Crippen molar-refractivity contribution < 1.29 is 18.7 Å². The smallest absolute Gasteiger partial charge is 0.417 e. The summed E-state index contributed by atoms with van der Waals surface area (Å²) in [5.74, 6) is -0.973. The van der Waals surface area contributed by atoms with Crippen LogP contribution >= 0.6 is 11.6 Å². The quantitative estimate of drug-likeness (QED) is 0.573. The molecule has 0 bridgehead atoms. The van der Waals surface area contributed by atoms with Crippen molar-refractivity contribution in [2.24, 2.45) is 0 Å². The van der Waals surface area contributed by atoms with E-state index >= 15 is 0 Å². The molecule has 0 saturated heterocycles. The number of carbonyl (C=O) groups is 2. The van der Waals surface area contributed by atoms with Gasteiger partial charge >= 0.3 is 6.09 Å². The molecule has 28 heavy (non-hydrogen) atoms. The molecule has 3 aromatic rings. The molecule has 1 aliphatic rings. The second-order valence-corrected chi connectivity index (χ2v) is 7.76. The topological polar surface area (TPSA) is 76.8 Å². The number of halogens is 2. The van der Waals surface area contributed by atoms with E-state index in [1.165, 1.54) is 24.5 Å². The van der Waals surface area contributed by atoms with Gasteiger partial charge in [0.25, 0.3) is 5.91 Å². The van der Waals surface area contributed by atoms with Crippen molar-refractivity contribution in [2.75, 3.05) is 0 Å². The highest BCUT2D eigenvalue weighted by molar-refractivity contribution is 6.33. The van der Waals surface area contributed by atoms with Gasteiger partial charge in [-0.15, -0.1) is 0 Å². The Hall–Kier alpha value is -3.00. The number of carbonyl (C=O) groups excluding carboxylic acids is 2. The van der Waals surface area contributed by atoms with E-state index in [1.54, 1.807) is 31.4 Å². The lowest BCUT2D eigenvalue weighted by Gasteiger charge is -2.23. The van der Waals surface area contributed by atoms with Gasteiger partial charge in [0.1, 0.15) is 22.2 Å². The molecule has 9 heteroatoms. The lowest BCUT2D eigenvalue weighted by atomic mass is 10.0. The van der Waals surface area contributed by atoms with E-state index in [4.69, 9.17) is 16.3 Å². The lowest BCUT2D eigenvalue weighted by molar-refractivity contribution is 0.0248. The Bertz CT molecular complexity index is 1140. The molecule has 0 unspecified atom stereocenters. The first kappa shape index (κ1) is 18.4. The zero-order valence-electron chi connectivity index (χ0n) is 15.4. The van der Waals surface area contributed by atoms with Crippen molar-refractivity contribution in [3.63, 3.8) is 0 Å². The average molecular weight is 403 g/mol. The van der Waals surface area contributed by atoms with Crippen LogP contribution in [0.3, 0.4) is 0 Å². The van der Waals surface area contributed by atoms with E-state index in [9.17, 15) is 14.0 Å². The molecule has 0 fully saturated rings. The fraction of sp³-hybridized carbons (Fsp3) is 0.263. The third-order valence-corrected chi connectivity index (χ3v) is 4.57. The summed E-state index contributed by atoms with van der Waals surface area (Å²) in [6, 6.07) is 2.60. The molecule has 3 aromatic heterocycles. The van der Waals surface area contributed by atoms with Crippen molar-refractivity contribution in [3.8, 4) is 11.3 Å². The predicted octanol–water partition coefficient (Wildman–Crippen LogP) is 4.08. The molecule has 4 heterocycles. The van der Waals surface area contributed by atoms with Crippen molar-refractivity contribution >= 4 is 29.2 Å². The summed E-state index contributed by atoms with van der Waals surface area (Å²) in [4.78, 5) is 34.6. The molecular weight excluding hydrogens is 387 g/mol. The highest BCUT2D eigenvalue weighted by Crippen LogP contribution is 2.36. The Labute approximate surface area is 164 Å². The molecule has 0 aliphatic carbocycles. The van der Waals surface area contributed by atoms with Crippen molar-refractivity contribution in [3.05, 3.63) is 52.8 Å². The Balaban J connectivity index is 1.81. The van der Waals surface area contributed by atoms with Crippen LogP contribution in [0, 0.1) is 5.82 Å². The number of fused-ring (bicyclic) bond motifs is 2. The number of imidazole rings is 1. The fourth-order valence-electron chi connectivity index (χ4n) is 3.11. The van der Waals surface area contributed by atoms with Crippen LogP contribution < -0.4 is 0 Å². The first-order valence-corrected chi connectivity index (χ1v) is 8.89. The maximum absolute atomic E-state index is 13.5. The minimum atomic E-state index is -0.754. The Morgan fingerprint density at radius 2 is 2.04 bits per heavy atom. The van der Waals surface area contributed by atoms with Gasteiger partial charge in [-0.2, -0.15) is 0 Å². The lowest BCUT2D eigenvalue weighted by Crippen LogP contribution is -2.36. The number of ether oxygens (including phenoxy) is 1. The number of pyridine rings is 2. The maximum Gasteiger partial charge on any atom is 0.417 e. The monoisotopic (exact) mass is 402 g/mol. The normalized spacial score (nSPS) is 13.9. The van der Waals surface area contributed by atoms with Gasteiger partial charge < -0.3 is 4.74 Å². The van der Waals surface area contributed by atoms with Gasteiger partial charge in [-0.1, -0.05) is 11.6 Å². The number of aromatic nitrogens is 3. The number of hydrogen-bond donors (Lipinski definition) is 0. The van der Waals surface area contributed by atoms with Gasteiger partial charge in [-0.3, -0.25) is 9.20 Å². The van der Waals surface area contributed by atoms with E-state index in [0.717, 1.165) is 4.90 Å². The van der Waals surface area contributed by atoms with Gasteiger partial charge in [-0.05, 0) is 32.4 Å². The molecule has 0 N–H and O–H groups in total. The van der Waals surface area contributed by atoms with Crippen LogP contribution in [-0.4, -0.2) is 36.9 Å². The van der Waals surface area contributed by atoms with Gasteiger partial charge in [0.05, 0.1) is 24.0 Å². The van der Waals surface area contributed by atoms with Gasteiger partial charge in [0.15, 0.2) is 0 Å². The second-order valence-electron chi connectivity index (χ2n) is 7.40. The molecule has 4 rings (SSSR count). The summed E-state index contributed by atoms with van der Waals surface area (Å²) in [7, 11) is 0. The molecule has 0 spiro atoms. The summed E-state index contributed by atoms with van der Waals surface area (Å²) in [6.07, 6.45) is 3.85. The second kappa shape index (κ2) is 6.27. The van der Waals surface area contributed by atoms with Crippen molar-refractivity contribution in [1.29, 1.82) is 0 Å². The largest absolute Gasteiger partial charge is 0.443 e. The first-order chi connectivity index (χ1) is 13.2. The van der Waals surface area contributed by atoms with Crippen LogP contribution in [0.4, 0.5) is 9.18 Å². The van der Waals surface area contributed by atoms with Crippen molar-refractivity contribution in [1.82, 2.24) is 19.3 Å². The Morgan fingerprint density at radius 1 is 1.29 bits per heavy atom. The summed E-state index contributed by atoms with van der Waals surface area (Å²) >= 11 is 6.16. The van der Waals surface area contributed by atoms with Crippen molar-refractivity contribution in [2.45, 2.75) is 32.9 Å². The zero-order valence-corrected chi connectivity index (χ0v) is 16.1. The molecular formula is C19H16ClFN4O3. The summed E-state index contributed by atoms with van der Waals surface area (Å²) in [5.41, 5.74) is 1.55. The molecule has 0 atom stereocenters. The average Bonchev–Trinajstić information content (AvgIpc) is 3.15. The predicted molar refractivity (Wildman–Crippen MR) is 99.5 cm³/mol. The molecule has 2 amide bonds. The summed E-state index contributed by atoms with van der Waals surface area (Å²) in [6.45, 7) is 5.15. The number of nitrogens with zero attached hydrogens (tertiary/aromatic N) is 4. The highest BCUT2D eigenvalue weighted by Gasteiger charge is 2.39. The standard InChI is InChI=1S/C19H16ClFN4O3/c1-19(2,3)28-18(27)25-9-12-11(7-23-16(20)15(12)17(25)26)13-8-22-14-6-10(21)4-5-24(13)14/h4-8H,9H2,1-3H3. The molecule has 7 nitrogen and oxygen atoms in total. The van der Waals surface area contributed by atoms with E-state index in [0.29, 0.717) is 22.5 Å². The van der Waals surface area contributed by atoms with Crippen LogP contribution in [-0.2, 0) is 11.3 Å². The fourth-order valence-corrected chi connectivity index (χ4v) is 3.35. The summed E-state index contributed by atoms with van der Waals surface area (Å²) in [5, 5.41) is 0.00896. The molecule has 1 aliphatic heterocycles. The molecule has 0 saturated carbocycles. The van der Waals surface area contributed by atoms with Crippen LogP contribution in [0.15, 0.2) is 30.7 Å². The third-order valence-electron chi connectivity index (χ3n) is 4.28. The minimum Gasteiger partial charge on any atom is -0.443 e. The number of imide groups is 1. The highest BCUT2D eigenvalue weighted by atomic mass is 35.5. The molecule has 0 radical (unpaired) electrons. The van der Waals surface area contributed by atoms with Crippen LogP contribution in [0.5, 0.6) is 0 Å². The van der Waals surface area contributed by atoms with Crippen LogP contribution in [0.2, 0.25) is 5.15 Å². The SMILES string of the molecule is CC(C)(C)OC(=O)N1Cc2c(-c3cnc4cc(F)ccn34)cnc(Cl)c2C1=O. The van der Waals surface area contributed by atoms with Crippen LogP contribution in [0.1, 0.15) is 36.7 Å².